The van der Waals surface area contributed by atoms with E-state index < -0.39 is 11.9 Å². The molecule has 1 aliphatic rings. The Kier molecular flexibility index (Phi) is 6.59. The molecule has 1 aromatic carbocycles. The number of carboxylic acids is 1. The Labute approximate surface area is 137 Å². The van der Waals surface area contributed by atoms with Crippen molar-refractivity contribution in [1.82, 2.24) is 5.32 Å². The van der Waals surface area contributed by atoms with Gasteiger partial charge < -0.3 is 15.2 Å². The smallest absolute Gasteiger partial charge is 0.308 e. The number of carboxylic acid groups (broad SMARTS) is 1. The number of amides is 1. The Morgan fingerprint density at radius 2 is 1.91 bits per heavy atom. The van der Waals surface area contributed by atoms with Crippen molar-refractivity contribution in [3.8, 4) is 0 Å². The van der Waals surface area contributed by atoms with Gasteiger partial charge in [-0.1, -0.05) is 31.2 Å². The van der Waals surface area contributed by atoms with Crippen molar-refractivity contribution >= 4 is 11.9 Å². The van der Waals surface area contributed by atoms with E-state index in [1.165, 1.54) is 0 Å². The summed E-state index contributed by atoms with van der Waals surface area (Å²) in [5.74, 6) is -1.43. The lowest BCUT2D eigenvalue weighted by Crippen LogP contribution is -2.39. The number of nitrogens with one attached hydrogen (secondary N) is 1. The standard InChI is InChI=1S/C18H25NO4/c1-2-13-5-3-4-6-15(13)11-17(20)19-12-16(18(21)22)14-7-9-23-10-8-14/h3-6,14,16H,2,7-12H2,1H3,(H,19,20)(H,21,22). The normalized spacial score (nSPS) is 16.7. The van der Waals surface area contributed by atoms with Crippen LogP contribution in [0.1, 0.15) is 30.9 Å². The van der Waals surface area contributed by atoms with E-state index in [4.69, 9.17) is 4.74 Å². The Balaban J connectivity index is 1.89. The van der Waals surface area contributed by atoms with Gasteiger partial charge in [0.2, 0.25) is 5.91 Å². The molecule has 0 aromatic heterocycles. The first kappa shape index (κ1) is 17.5. The third-order valence-electron chi connectivity index (χ3n) is 4.52. The van der Waals surface area contributed by atoms with Crippen molar-refractivity contribution in [2.24, 2.45) is 11.8 Å². The molecule has 23 heavy (non-hydrogen) atoms. The molecule has 5 nitrogen and oxygen atoms in total. The molecule has 0 saturated carbocycles. The summed E-state index contributed by atoms with van der Waals surface area (Å²) in [6.07, 6.45) is 2.66. The van der Waals surface area contributed by atoms with Crippen LogP contribution >= 0.6 is 0 Å². The summed E-state index contributed by atoms with van der Waals surface area (Å²) in [7, 11) is 0. The molecule has 5 heteroatoms. The van der Waals surface area contributed by atoms with Crippen LogP contribution in [0.4, 0.5) is 0 Å². The monoisotopic (exact) mass is 319 g/mol. The molecule has 0 bridgehead atoms. The highest BCUT2D eigenvalue weighted by molar-refractivity contribution is 5.80. The van der Waals surface area contributed by atoms with Crippen LogP contribution in [0.3, 0.4) is 0 Å². The SMILES string of the molecule is CCc1ccccc1CC(=O)NCC(C(=O)O)C1CCOCC1. The molecule has 1 heterocycles. The summed E-state index contributed by atoms with van der Waals surface area (Å²) >= 11 is 0. The molecule has 1 aromatic rings. The molecule has 0 spiro atoms. The number of hydrogen-bond donors (Lipinski definition) is 2. The fraction of sp³-hybridized carbons (Fsp3) is 0.556. The highest BCUT2D eigenvalue weighted by Crippen LogP contribution is 2.23. The number of hydrogen-bond acceptors (Lipinski definition) is 3. The Hall–Kier alpha value is -1.88. The van der Waals surface area contributed by atoms with Crippen LogP contribution in [-0.2, 0) is 27.2 Å². The first-order valence-electron chi connectivity index (χ1n) is 8.25. The number of ether oxygens (including phenoxy) is 1. The third-order valence-corrected chi connectivity index (χ3v) is 4.52. The van der Waals surface area contributed by atoms with E-state index in [2.05, 4.69) is 12.2 Å². The molecule has 0 aliphatic carbocycles. The van der Waals surface area contributed by atoms with Crippen molar-refractivity contribution in [2.75, 3.05) is 19.8 Å². The lowest BCUT2D eigenvalue weighted by Gasteiger charge is -2.27. The molecule has 1 amide bonds. The van der Waals surface area contributed by atoms with Crippen LogP contribution in [0, 0.1) is 11.8 Å². The minimum Gasteiger partial charge on any atom is -0.481 e. The van der Waals surface area contributed by atoms with Crippen LogP contribution in [0.15, 0.2) is 24.3 Å². The van der Waals surface area contributed by atoms with Gasteiger partial charge in [0.25, 0.3) is 0 Å². The fourth-order valence-electron chi connectivity index (χ4n) is 3.11. The Morgan fingerprint density at radius 3 is 2.52 bits per heavy atom. The maximum absolute atomic E-state index is 12.2. The van der Waals surface area contributed by atoms with Crippen molar-refractivity contribution in [3.63, 3.8) is 0 Å². The Bertz CT molecular complexity index is 538. The van der Waals surface area contributed by atoms with E-state index in [1.807, 2.05) is 24.3 Å². The van der Waals surface area contributed by atoms with Gasteiger partial charge in [-0.15, -0.1) is 0 Å². The number of benzene rings is 1. The number of aliphatic carboxylic acids is 1. The molecule has 1 saturated heterocycles. The highest BCUT2D eigenvalue weighted by atomic mass is 16.5. The van der Waals surface area contributed by atoms with E-state index >= 15 is 0 Å². The summed E-state index contributed by atoms with van der Waals surface area (Å²) < 4.78 is 5.28. The topological polar surface area (TPSA) is 75.6 Å². The zero-order chi connectivity index (χ0) is 16.7. The van der Waals surface area contributed by atoms with Crippen molar-refractivity contribution in [2.45, 2.75) is 32.6 Å². The molecule has 2 rings (SSSR count). The van der Waals surface area contributed by atoms with Gasteiger partial charge in [0.1, 0.15) is 0 Å². The van der Waals surface area contributed by atoms with Gasteiger partial charge in [-0.2, -0.15) is 0 Å². The molecule has 2 N–H and O–H groups in total. The predicted molar refractivity (Wildman–Crippen MR) is 87.2 cm³/mol. The Morgan fingerprint density at radius 1 is 1.26 bits per heavy atom. The van der Waals surface area contributed by atoms with Crippen molar-refractivity contribution in [3.05, 3.63) is 35.4 Å². The summed E-state index contributed by atoms with van der Waals surface area (Å²) in [6.45, 7) is 3.45. The molecule has 0 radical (unpaired) electrons. The molecule has 1 aliphatic heterocycles. The number of carbonyl (C=O) groups excluding carboxylic acids is 1. The van der Waals surface area contributed by atoms with Gasteiger partial charge in [-0.3, -0.25) is 9.59 Å². The molecule has 1 atom stereocenters. The molecule has 1 unspecified atom stereocenters. The van der Waals surface area contributed by atoms with Crippen LogP contribution in [0.5, 0.6) is 0 Å². The van der Waals surface area contributed by atoms with Gasteiger partial charge in [0.15, 0.2) is 0 Å². The summed E-state index contributed by atoms with van der Waals surface area (Å²) in [5.41, 5.74) is 2.16. The van der Waals surface area contributed by atoms with Gasteiger partial charge >= 0.3 is 5.97 Å². The second-order valence-electron chi connectivity index (χ2n) is 6.00. The second kappa shape index (κ2) is 8.67. The van der Waals surface area contributed by atoms with Gasteiger partial charge in [-0.05, 0) is 36.3 Å². The number of carbonyl (C=O) groups is 2. The minimum atomic E-state index is -0.842. The average Bonchev–Trinajstić information content (AvgIpc) is 2.56. The van der Waals surface area contributed by atoms with Crippen LogP contribution in [0.25, 0.3) is 0 Å². The van der Waals surface area contributed by atoms with Gasteiger partial charge in [-0.25, -0.2) is 0 Å². The highest BCUT2D eigenvalue weighted by Gasteiger charge is 2.29. The largest absolute Gasteiger partial charge is 0.481 e. The lowest BCUT2D eigenvalue weighted by atomic mass is 9.86. The van der Waals surface area contributed by atoms with Gasteiger partial charge in [0, 0.05) is 19.8 Å². The number of aryl methyl sites for hydroxylation is 1. The first-order valence-corrected chi connectivity index (χ1v) is 8.25. The van der Waals surface area contributed by atoms with E-state index in [0.717, 1.165) is 30.4 Å². The fourth-order valence-corrected chi connectivity index (χ4v) is 3.11. The zero-order valence-electron chi connectivity index (χ0n) is 13.6. The predicted octanol–water partition coefficient (Wildman–Crippen LogP) is 2.04. The number of rotatable bonds is 7. The molecular weight excluding hydrogens is 294 g/mol. The van der Waals surface area contributed by atoms with Crippen LogP contribution in [-0.4, -0.2) is 36.7 Å². The first-order chi connectivity index (χ1) is 11.1. The van der Waals surface area contributed by atoms with E-state index in [0.29, 0.717) is 19.6 Å². The summed E-state index contributed by atoms with van der Waals surface area (Å²) in [6, 6.07) is 7.85. The average molecular weight is 319 g/mol. The lowest BCUT2D eigenvalue weighted by molar-refractivity contribution is -0.144. The van der Waals surface area contributed by atoms with Crippen LogP contribution < -0.4 is 5.32 Å². The summed E-state index contributed by atoms with van der Waals surface area (Å²) in [4.78, 5) is 23.6. The zero-order valence-corrected chi connectivity index (χ0v) is 13.6. The molecule has 1 fully saturated rings. The maximum atomic E-state index is 12.2. The van der Waals surface area contributed by atoms with E-state index in [-0.39, 0.29) is 18.4 Å². The maximum Gasteiger partial charge on any atom is 0.308 e. The van der Waals surface area contributed by atoms with Crippen molar-refractivity contribution < 1.29 is 19.4 Å². The second-order valence-corrected chi connectivity index (χ2v) is 6.00. The third kappa shape index (κ3) is 5.06. The quantitative estimate of drug-likeness (QED) is 0.806. The summed E-state index contributed by atoms with van der Waals surface area (Å²) in [5, 5.41) is 12.2. The van der Waals surface area contributed by atoms with Crippen molar-refractivity contribution in [1.29, 1.82) is 0 Å². The van der Waals surface area contributed by atoms with E-state index in [9.17, 15) is 14.7 Å². The molecule has 126 valence electrons. The molecular formula is C18H25NO4. The van der Waals surface area contributed by atoms with Crippen LogP contribution in [0.2, 0.25) is 0 Å². The minimum absolute atomic E-state index is 0.0736. The van der Waals surface area contributed by atoms with Gasteiger partial charge in [0.05, 0.1) is 12.3 Å². The van der Waals surface area contributed by atoms with E-state index in [1.54, 1.807) is 0 Å².